The summed E-state index contributed by atoms with van der Waals surface area (Å²) in [6.07, 6.45) is 0.730. The van der Waals surface area contributed by atoms with Gasteiger partial charge in [0.25, 0.3) is 11.8 Å². The Kier molecular flexibility index (Phi) is 6.21. The standard InChI is InChI=1S/C20H16ClFN2O2S/c21-14-5-8-17(20(26)23-10-9-16-2-1-11-27-16)18(12-14)24-19(25)13-3-6-15(22)7-4-13/h1-8,11-12H,9-10H2,(H,23,26)(H,24,25). The third-order valence-corrected chi connectivity index (χ3v) is 4.99. The fraction of sp³-hybridized carbons (Fsp3) is 0.100. The fourth-order valence-electron chi connectivity index (χ4n) is 2.46. The predicted octanol–water partition coefficient (Wildman–Crippen LogP) is 4.77. The van der Waals surface area contributed by atoms with E-state index in [-0.39, 0.29) is 11.5 Å². The minimum Gasteiger partial charge on any atom is -0.352 e. The number of halogens is 2. The second-order valence-electron chi connectivity index (χ2n) is 5.74. The van der Waals surface area contributed by atoms with Crippen LogP contribution in [0.25, 0.3) is 0 Å². The summed E-state index contributed by atoms with van der Waals surface area (Å²) in [5.41, 5.74) is 0.881. The van der Waals surface area contributed by atoms with E-state index in [2.05, 4.69) is 10.6 Å². The highest BCUT2D eigenvalue weighted by Crippen LogP contribution is 2.22. The lowest BCUT2D eigenvalue weighted by molar-refractivity contribution is 0.0955. The molecule has 138 valence electrons. The van der Waals surface area contributed by atoms with E-state index in [1.807, 2.05) is 17.5 Å². The molecule has 2 N–H and O–H groups in total. The number of thiophene rings is 1. The van der Waals surface area contributed by atoms with Crippen LogP contribution in [0.4, 0.5) is 10.1 Å². The first-order chi connectivity index (χ1) is 13.0. The van der Waals surface area contributed by atoms with Gasteiger partial charge in [-0.25, -0.2) is 4.39 Å². The van der Waals surface area contributed by atoms with E-state index in [1.54, 1.807) is 23.5 Å². The molecule has 0 fully saturated rings. The van der Waals surface area contributed by atoms with Crippen LogP contribution in [-0.4, -0.2) is 18.4 Å². The van der Waals surface area contributed by atoms with Gasteiger partial charge in [-0.2, -0.15) is 0 Å². The largest absolute Gasteiger partial charge is 0.352 e. The Morgan fingerprint density at radius 2 is 1.81 bits per heavy atom. The number of rotatable bonds is 6. The van der Waals surface area contributed by atoms with Crippen LogP contribution < -0.4 is 10.6 Å². The highest BCUT2D eigenvalue weighted by atomic mass is 35.5. The summed E-state index contributed by atoms with van der Waals surface area (Å²) in [6, 6.07) is 13.8. The van der Waals surface area contributed by atoms with Crippen molar-refractivity contribution in [1.82, 2.24) is 5.32 Å². The summed E-state index contributed by atoms with van der Waals surface area (Å²) in [5.74, 6) is -1.19. The number of anilines is 1. The molecule has 2 amide bonds. The summed E-state index contributed by atoms with van der Waals surface area (Å²) in [5, 5.41) is 7.88. The molecule has 3 aromatic rings. The summed E-state index contributed by atoms with van der Waals surface area (Å²) >= 11 is 7.64. The topological polar surface area (TPSA) is 58.2 Å². The molecule has 7 heteroatoms. The molecule has 3 rings (SSSR count). The Bertz CT molecular complexity index is 943. The van der Waals surface area contributed by atoms with Crippen LogP contribution in [0.1, 0.15) is 25.6 Å². The lowest BCUT2D eigenvalue weighted by atomic mass is 10.1. The van der Waals surface area contributed by atoms with E-state index >= 15 is 0 Å². The molecule has 0 bridgehead atoms. The first-order valence-electron chi connectivity index (χ1n) is 8.20. The minimum atomic E-state index is -0.454. The number of hydrogen-bond donors (Lipinski definition) is 2. The fourth-order valence-corrected chi connectivity index (χ4v) is 3.34. The van der Waals surface area contributed by atoms with Crippen LogP contribution in [0.15, 0.2) is 60.0 Å². The molecule has 0 saturated carbocycles. The average Bonchev–Trinajstić information content (AvgIpc) is 3.15. The van der Waals surface area contributed by atoms with Crippen molar-refractivity contribution < 1.29 is 14.0 Å². The van der Waals surface area contributed by atoms with Crippen molar-refractivity contribution >= 4 is 40.4 Å². The zero-order valence-corrected chi connectivity index (χ0v) is 15.7. The van der Waals surface area contributed by atoms with Gasteiger partial charge in [0, 0.05) is 22.0 Å². The zero-order valence-electron chi connectivity index (χ0n) is 14.2. The van der Waals surface area contributed by atoms with Crippen molar-refractivity contribution in [1.29, 1.82) is 0 Å². The third-order valence-electron chi connectivity index (χ3n) is 3.82. The molecule has 0 aliphatic carbocycles. The smallest absolute Gasteiger partial charge is 0.255 e. The van der Waals surface area contributed by atoms with Gasteiger partial charge in [-0.1, -0.05) is 17.7 Å². The van der Waals surface area contributed by atoms with E-state index in [0.29, 0.717) is 22.8 Å². The molecule has 1 aromatic heterocycles. The SMILES string of the molecule is O=C(Nc1cc(Cl)ccc1C(=O)NCCc1cccs1)c1ccc(F)cc1. The molecular formula is C20H16ClFN2O2S. The van der Waals surface area contributed by atoms with Gasteiger partial charge in [0.2, 0.25) is 0 Å². The van der Waals surface area contributed by atoms with Gasteiger partial charge in [-0.15, -0.1) is 11.3 Å². The van der Waals surface area contributed by atoms with Gasteiger partial charge in [0.05, 0.1) is 11.3 Å². The van der Waals surface area contributed by atoms with E-state index in [1.165, 1.54) is 35.2 Å². The normalized spacial score (nSPS) is 10.4. The number of hydrogen-bond acceptors (Lipinski definition) is 3. The van der Waals surface area contributed by atoms with Gasteiger partial charge >= 0.3 is 0 Å². The number of carbonyl (C=O) groups is 2. The van der Waals surface area contributed by atoms with Crippen molar-refractivity contribution in [3.8, 4) is 0 Å². The Balaban J connectivity index is 1.71. The molecule has 0 spiro atoms. The maximum Gasteiger partial charge on any atom is 0.255 e. The minimum absolute atomic E-state index is 0.278. The average molecular weight is 403 g/mol. The van der Waals surface area contributed by atoms with Crippen LogP contribution >= 0.6 is 22.9 Å². The Morgan fingerprint density at radius 3 is 2.52 bits per heavy atom. The molecule has 0 unspecified atom stereocenters. The lowest BCUT2D eigenvalue weighted by Gasteiger charge is -2.12. The molecule has 0 radical (unpaired) electrons. The predicted molar refractivity (Wildman–Crippen MR) is 106 cm³/mol. The number of benzene rings is 2. The van der Waals surface area contributed by atoms with Crippen molar-refractivity contribution in [2.75, 3.05) is 11.9 Å². The molecule has 1 heterocycles. The Hall–Kier alpha value is -2.70. The maximum absolute atomic E-state index is 13.0. The maximum atomic E-state index is 13.0. The highest BCUT2D eigenvalue weighted by Gasteiger charge is 2.15. The monoisotopic (exact) mass is 402 g/mol. The molecule has 0 aliphatic heterocycles. The molecule has 0 aliphatic rings. The molecule has 0 saturated heterocycles. The van der Waals surface area contributed by atoms with Crippen LogP contribution in [0.3, 0.4) is 0 Å². The molecule has 27 heavy (non-hydrogen) atoms. The van der Waals surface area contributed by atoms with Crippen LogP contribution in [0, 0.1) is 5.82 Å². The molecule has 0 atom stereocenters. The zero-order chi connectivity index (χ0) is 19.2. The molecular weight excluding hydrogens is 387 g/mol. The quantitative estimate of drug-likeness (QED) is 0.624. The van der Waals surface area contributed by atoms with Crippen molar-refractivity contribution in [3.05, 3.63) is 86.8 Å². The van der Waals surface area contributed by atoms with Crippen molar-refractivity contribution in [2.45, 2.75) is 6.42 Å². The Morgan fingerprint density at radius 1 is 1.04 bits per heavy atom. The van der Waals surface area contributed by atoms with E-state index < -0.39 is 11.7 Å². The molecule has 2 aromatic carbocycles. The van der Waals surface area contributed by atoms with E-state index in [4.69, 9.17) is 11.6 Å². The van der Waals surface area contributed by atoms with Crippen molar-refractivity contribution in [2.24, 2.45) is 0 Å². The van der Waals surface area contributed by atoms with Gasteiger partial charge in [0.15, 0.2) is 0 Å². The third kappa shape index (κ3) is 5.15. The van der Waals surface area contributed by atoms with E-state index in [9.17, 15) is 14.0 Å². The first kappa shape index (κ1) is 19.1. The Labute approximate surface area is 165 Å². The van der Waals surface area contributed by atoms with E-state index in [0.717, 1.165) is 6.42 Å². The van der Waals surface area contributed by atoms with Gasteiger partial charge < -0.3 is 10.6 Å². The second kappa shape index (κ2) is 8.79. The van der Waals surface area contributed by atoms with Gasteiger partial charge in [0.1, 0.15) is 5.82 Å². The number of amides is 2. The van der Waals surface area contributed by atoms with Crippen LogP contribution in [-0.2, 0) is 6.42 Å². The van der Waals surface area contributed by atoms with Gasteiger partial charge in [-0.3, -0.25) is 9.59 Å². The summed E-state index contributed by atoms with van der Waals surface area (Å²) < 4.78 is 13.0. The van der Waals surface area contributed by atoms with Crippen molar-refractivity contribution in [3.63, 3.8) is 0 Å². The first-order valence-corrected chi connectivity index (χ1v) is 9.46. The molecule has 4 nitrogen and oxygen atoms in total. The van der Waals surface area contributed by atoms with Crippen LogP contribution in [0.5, 0.6) is 0 Å². The number of carbonyl (C=O) groups excluding carboxylic acids is 2. The number of nitrogens with one attached hydrogen (secondary N) is 2. The lowest BCUT2D eigenvalue weighted by Crippen LogP contribution is -2.27. The van der Waals surface area contributed by atoms with Crippen LogP contribution in [0.2, 0.25) is 5.02 Å². The second-order valence-corrected chi connectivity index (χ2v) is 7.20. The summed E-state index contributed by atoms with van der Waals surface area (Å²) in [6.45, 7) is 0.479. The van der Waals surface area contributed by atoms with Gasteiger partial charge in [-0.05, 0) is 60.3 Å². The highest BCUT2D eigenvalue weighted by molar-refractivity contribution is 7.09. The summed E-state index contributed by atoms with van der Waals surface area (Å²) in [4.78, 5) is 26.1. The summed E-state index contributed by atoms with van der Waals surface area (Å²) in [7, 11) is 0.